The van der Waals surface area contributed by atoms with Gasteiger partial charge in [0, 0.05) is 23.2 Å². The number of ether oxygens (including phenoxy) is 1. The van der Waals surface area contributed by atoms with Crippen molar-refractivity contribution in [2.24, 2.45) is 0 Å². The molecule has 0 aliphatic carbocycles. The number of hydrogen-bond donors (Lipinski definition) is 1. The highest BCUT2D eigenvalue weighted by atomic mass is 79.9. The molecule has 2 atom stereocenters. The van der Waals surface area contributed by atoms with Crippen molar-refractivity contribution in [2.75, 3.05) is 13.2 Å². The molecule has 2 unspecified atom stereocenters. The van der Waals surface area contributed by atoms with Gasteiger partial charge in [-0.2, -0.15) is 0 Å². The lowest BCUT2D eigenvalue weighted by atomic mass is 10.0. The summed E-state index contributed by atoms with van der Waals surface area (Å²) in [4.78, 5) is 0. The molecule has 88 valence electrons. The Hall–Kier alpha value is -0.380. The lowest BCUT2D eigenvalue weighted by Gasteiger charge is -2.21. The van der Waals surface area contributed by atoms with Gasteiger partial charge >= 0.3 is 0 Å². The van der Waals surface area contributed by atoms with Gasteiger partial charge in [-0.25, -0.2) is 0 Å². The van der Waals surface area contributed by atoms with Gasteiger partial charge in [0.15, 0.2) is 0 Å². The molecule has 1 aromatic rings. The highest BCUT2D eigenvalue weighted by Crippen LogP contribution is 2.21. The molecule has 0 radical (unpaired) electrons. The molecule has 1 saturated heterocycles. The van der Waals surface area contributed by atoms with Crippen molar-refractivity contribution in [3.8, 4) is 0 Å². The zero-order chi connectivity index (χ0) is 11.4. The Balaban J connectivity index is 2.00. The summed E-state index contributed by atoms with van der Waals surface area (Å²) in [6, 6.07) is 9.53. The Labute approximate surface area is 106 Å². The van der Waals surface area contributed by atoms with E-state index in [4.69, 9.17) is 4.74 Å². The van der Waals surface area contributed by atoms with Crippen molar-refractivity contribution >= 4 is 15.9 Å². The van der Waals surface area contributed by atoms with Crippen LogP contribution in [0.15, 0.2) is 28.7 Å². The molecule has 1 fully saturated rings. The SMILES string of the molecule is CCC(NC1CCOC1)c1ccc(Br)cc1. The van der Waals surface area contributed by atoms with Gasteiger partial charge in [0.25, 0.3) is 0 Å². The molecule has 0 aromatic heterocycles. The molecule has 0 bridgehead atoms. The summed E-state index contributed by atoms with van der Waals surface area (Å²) < 4.78 is 6.52. The second kappa shape index (κ2) is 5.80. The van der Waals surface area contributed by atoms with Gasteiger partial charge in [-0.1, -0.05) is 35.0 Å². The minimum absolute atomic E-state index is 0.444. The molecule has 1 N–H and O–H groups in total. The molecule has 1 aromatic carbocycles. The topological polar surface area (TPSA) is 21.3 Å². The lowest BCUT2D eigenvalue weighted by molar-refractivity contribution is 0.187. The number of hydrogen-bond acceptors (Lipinski definition) is 2. The third kappa shape index (κ3) is 3.06. The molecule has 1 aliphatic rings. The van der Waals surface area contributed by atoms with Crippen molar-refractivity contribution in [1.82, 2.24) is 5.32 Å². The number of benzene rings is 1. The minimum Gasteiger partial charge on any atom is -0.380 e. The van der Waals surface area contributed by atoms with Gasteiger partial charge in [-0.05, 0) is 30.5 Å². The Bertz CT molecular complexity index is 319. The number of nitrogens with one attached hydrogen (secondary N) is 1. The highest BCUT2D eigenvalue weighted by Gasteiger charge is 2.19. The van der Waals surface area contributed by atoms with Crippen LogP contribution in [0.1, 0.15) is 31.4 Å². The van der Waals surface area contributed by atoms with Crippen molar-refractivity contribution < 1.29 is 4.74 Å². The van der Waals surface area contributed by atoms with Crippen LogP contribution in [0.4, 0.5) is 0 Å². The van der Waals surface area contributed by atoms with E-state index in [9.17, 15) is 0 Å². The van der Waals surface area contributed by atoms with Gasteiger partial charge in [0.05, 0.1) is 6.61 Å². The second-order valence-corrected chi connectivity index (χ2v) is 5.16. The summed E-state index contributed by atoms with van der Waals surface area (Å²) in [6.07, 6.45) is 2.24. The fourth-order valence-corrected chi connectivity index (χ4v) is 2.36. The normalized spacial score (nSPS) is 22.2. The zero-order valence-corrected chi connectivity index (χ0v) is 11.2. The van der Waals surface area contributed by atoms with Gasteiger partial charge in [-0.3, -0.25) is 0 Å². The van der Waals surface area contributed by atoms with Gasteiger partial charge in [0.2, 0.25) is 0 Å². The van der Waals surface area contributed by atoms with Crippen LogP contribution < -0.4 is 5.32 Å². The lowest BCUT2D eigenvalue weighted by Crippen LogP contribution is -2.32. The first-order valence-corrected chi connectivity index (χ1v) is 6.68. The van der Waals surface area contributed by atoms with E-state index in [-0.39, 0.29) is 0 Å². The van der Waals surface area contributed by atoms with E-state index in [1.165, 1.54) is 5.56 Å². The Kier molecular flexibility index (Phi) is 4.38. The van der Waals surface area contributed by atoms with E-state index in [0.717, 1.165) is 30.5 Å². The third-order valence-corrected chi connectivity index (χ3v) is 3.58. The fraction of sp³-hybridized carbons (Fsp3) is 0.538. The average molecular weight is 284 g/mol. The van der Waals surface area contributed by atoms with Gasteiger partial charge in [0.1, 0.15) is 0 Å². The first-order valence-electron chi connectivity index (χ1n) is 5.89. The van der Waals surface area contributed by atoms with Crippen LogP contribution in [-0.4, -0.2) is 19.3 Å². The largest absolute Gasteiger partial charge is 0.380 e. The number of halogens is 1. The summed E-state index contributed by atoms with van der Waals surface area (Å²) in [5, 5.41) is 3.66. The van der Waals surface area contributed by atoms with Crippen molar-refractivity contribution in [2.45, 2.75) is 31.8 Å². The van der Waals surface area contributed by atoms with E-state index in [1.807, 2.05) is 0 Å². The molecule has 0 saturated carbocycles. The van der Waals surface area contributed by atoms with Crippen LogP contribution in [-0.2, 0) is 4.74 Å². The number of rotatable bonds is 4. The van der Waals surface area contributed by atoms with E-state index in [2.05, 4.69) is 52.4 Å². The highest BCUT2D eigenvalue weighted by molar-refractivity contribution is 9.10. The second-order valence-electron chi connectivity index (χ2n) is 4.24. The molecule has 2 rings (SSSR count). The van der Waals surface area contributed by atoms with E-state index in [0.29, 0.717) is 12.1 Å². The fourth-order valence-electron chi connectivity index (χ4n) is 2.10. The van der Waals surface area contributed by atoms with Crippen LogP contribution in [0.5, 0.6) is 0 Å². The molecule has 1 aliphatic heterocycles. The van der Waals surface area contributed by atoms with Crippen LogP contribution in [0.2, 0.25) is 0 Å². The smallest absolute Gasteiger partial charge is 0.0620 e. The first-order chi connectivity index (χ1) is 7.79. The quantitative estimate of drug-likeness (QED) is 0.916. The Morgan fingerprint density at radius 1 is 1.44 bits per heavy atom. The summed E-state index contributed by atoms with van der Waals surface area (Å²) in [6.45, 7) is 3.97. The summed E-state index contributed by atoms with van der Waals surface area (Å²) in [5.41, 5.74) is 1.36. The average Bonchev–Trinajstić information content (AvgIpc) is 2.80. The monoisotopic (exact) mass is 283 g/mol. The van der Waals surface area contributed by atoms with Crippen LogP contribution >= 0.6 is 15.9 Å². The van der Waals surface area contributed by atoms with Crippen molar-refractivity contribution in [3.63, 3.8) is 0 Å². The Morgan fingerprint density at radius 3 is 2.75 bits per heavy atom. The van der Waals surface area contributed by atoms with Crippen LogP contribution in [0.3, 0.4) is 0 Å². The molecule has 16 heavy (non-hydrogen) atoms. The molecular weight excluding hydrogens is 266 g/mol. The van der Waals surface area contributed by atoms with Crippen molar-refractivity contribution in [3.05, 3.63) is 34.3 Å². The molecular formula is C13H18BrNO. The minimum atomic E-state index is 0.444. The van der Waals surface area contributed by atoms with Crippen molar-refractivity contribution in [1.29, 1.82) is 0 Å². The molecule has 3 heteroatoms. The summed E-state index contributed by atoms with van der Waals surface area (Å²) in [5.74, 6) is 0. The van der Waals surface area contributed by atoms with E-state index >= 15 is 0 Å². The van der Waals surface area contributed by atoms with Gasteiger partial charge in [-0.15, -0.1) is 0 Å². The van der Waals surface area contributed by atoms with Crippen LogP contribution in [0, 0.1) is 0 Å². The van der Waals surface area contributed by atoms with Crippen LogP contribution in [0.25, 0.3) is 0 Å². The molecule has 2 nitrogen and oxygen atoms in total. The maximum Gasteiger partial charge on any atom is 0.0620 e. The molecule has 0 spiro atoms. The maximum absolute atomic E-state index is 5.39. The predicted molar refractivity (Wildman–Crippen MR) is 69.5 cm³/mol. The zero-order valence-electron chi connectivity index (χ0n) is 9.58. The molecule has 0 amide bonds. The van der Waals surface area contributed by atoms with E-state index in [1.54, 1.807) is 0 Å². The summed E-state index contributed by atoms with van der Waals surface area (Å²) in [7, 11) is 0. The third-order valence-electron chi connectivity index (χ3n) is 3.05. The van der Waals surface area contributed by atoms with E-state index < -0.39 is 0 Å². The maximum atomic E-state index is 5.39. The first kappa shape index (κ1) is 12.1. The molecule has 1 heterocycles. The predicted octanol–water partition coefficient (Wildman–Crippen LogP) is 3.28. The summed E-state index contributed by atoms with van der Waals surface area (Å²) >= 11 is 3.46. The Morgan fingerprint density at radius 2 is 2.19 bits per heavy atom. The standard InChI is InChI=1S/C13H18BrNO/c1-2-13(15-12-7-8-16-9-12)10-3-5-11(14)6-4-10/h3-6,12-13,15H,2,7-9H2,1H3. The van der Waals surface area contributed by atoms with Gasteiger partial charge < -0.3 is 10.1 Å².